The summed E-state index contributed by atoms with van der Waals surface area (Å²) in [6.07, 6.45) is 1.02. The van der Waals surface area contributed by atoms with E-state index in [9.17, 15) is 14.0 Å². The Balaban J connectivity index is 1.52. The normalized spacial score (nSPS) is 22.9. The third kappa shape index (κ3) is 4.29. The van der Waals surface area contributed by atoms with Gasteiger partial charge < -0.3 is 18.9 Å². The molecule has 1 saturated heterocycles. The smallest absolute Gasteiger partial charge is 0.315 e. The lowest BCUT2D eigenvalue weighted by molar-refractivity contribution is -0.247. The van der Waals surface area contributed by atoms with Crippen molar-refractivity contribution in [3.05, 3.63) is 59.2 Å². The fourth-order valence-electron chi connectivity index (χ4n) is 5.38. The molecule has 5 rings (SSSR count). The van der Waals surface area contributed by atoms with E-state index in [0.717, 1.165) is 17.3 Å². The number of hydrogen-bond donors (Lipinski definition) is 0. The second-order valence-corrected chi connectivity index (χ2v) is 11.4. The molecule has 8 nitrogen and oxygen atoms in total. The lowest BCUT2D eigenvalue weighted by atomic mass is 9.55. The van der Waals surface area contributed by atoms with Crippen LogP contribution in [-0.4, -0.2) is 53.7 Å². The van der Waals surface area contributed by atoms with E-state index in [-0.39, 0.29) is 30.9 Å². The van der Waals surface area contributed by atoms with Crippen LogP contribution in [0.4, 0.5) is 4.39 Å². The lowest BCUT2D eigenvalue weighted by Crippen LogP contribution is -2.71. The van der Waals surface area contributed by atoms with Gasteiger partial charge in [-0.1, -0.05) is 6.07 Å². The molecule has 1 aromatic carbocycles. The van der Waals surface area contributed by atoms with E-state index >= 15 is 0 Å². The van der Waals surface area contributed by atoms with Crippen LogP contribution in [0.5, 0.6) is 5.75 Å². The predicted molar refractivity (Wildman–Crippen MR) is 132 cm³/mol. The van der Waals surface area contributed by atoms with Crippen molar-refractivity contribution in [2.24, 2.45) is 10.4 Å². The minimum atomic E-state index is -0.868. The molecule has 0 aliphatic carbocycles. The summed E-state index contributed by atoms with van der Waals surface area (Å²) in [5, 5.41) is 0. The number of halogens is 1. The Bertz CT molecular complexity index is 1280. The molecule has 1 unspecified atom stereocenters. The summed E-state index contributed by atoms with van der Waals surface area (Å²) in [5.41, 5.74) is -0.948. The fourth-order valence-corrected chi connectivity index (χ4v) is 5.38. The van der Waals surface area contributed by atoms with E-state index in [0.29, 0.717) is 24.9 Å². The molecule has 0 saturated carbocycles. The van der Waals surface area contributed by atoms with Gasteiger partial charge in [0.25, 0.3) is 0 Å². The van der Waals surface area contributed by atoms with Gasteiger partial charge >= 0.3 is 5.97 Å². The van der Waals surface area contributed by atoms with Gasteiger partial charge in [-0.05, 0) is 64.4 Å². The second kappa shape index (κ2) is 8.62. The summed E-state index contributed by atoms with van der Waals surface area (Å²) in [7, 11) is 0. The first kappa shape index (κ1) is 25.3. The largest absolute Gasteiger partial charge is 0.487 e. The number of aromatic nitrogens is 1. The average Bonchev–Trinajstić information content (AvgIpc) is 3.15. The van der Waals surface area contributed by atoms with Crippen LogP contribution >= 0.6 is 0 Å². The van der Waals surface area contributed by atoms with Crippen molar-refractivity contribution in [1.29, 1.82) is 0 Å². The number of pyridine rings is 1. The lowest BCUT2D eigenvalue weighted by Gasteiger charge is -2.61. The maximum atomic E-state index is 13.2. The number of carbonyl (C=O) groups is 2. The van der Waals surface area contributed by atoms with E-state index in [1.165, 1.54) is 12.1 Å². The molecule has 0 N–H and O–H groups in total. The van der Waals surface area contributed by atoms with E-state index in [2.05, 4.69) is 4.98 Å². The van der Waals surface area contributed by atoms with Crippen LogP contribution in [0.3, 0.4) is 0 Å². The van der Waals surface area contributed by atoms with Crippen molar-refractivity contribution in [3.8, 4) is 5.75 Å². The summed E-state index contributed by atoms with van der Waals surface area (Å²) in [4.78, 5) is 34.3. The quantitative estimate of drug-likeness (QED) is 0.440. The monoisotopic (exact) mass is 510 g/mol. The number of benzene rings is 1. The van der Waals surface area contributed by atoms with Crippen molar-refractivity contribution in [2.75, 3.05) is 19.8 Å². The number of carbonyl (C=O) groups excluding carboxylic acids is 2. The first-order valence-electron chi connectivity index (χ1n) is 12.3. The number of ketones is 1. The van der Waals surface area contributed by atoms with Crippen LogP contribution in [0.25, 0.3) is 0 Å². The Morgan fingerprint density at radius 3 is 2.46 bits per heavy atom. The molecular weight excluding hydrogens is 479 g/mol. The number of nitrogens with zero attached hydrogens (tertiary/aromatic N) is 2. The third-order valence-corrected chi connectivity index (χ3v) is 7.35. The fraction of sp³-hybridized carbons (Fsp3) is 0.500. The van der Waals surface area contributed by atoms with Gasteiger partial charge in [0.2, 0.25) is 0 Å². The Kier molecular flexibility index (Phi) is 5.90. The van der Waals surface area contributed by atoms with Crippen LogP contribution < -0.4 is 4.74 Å². The summed E-state index contributed by atoms with van der Waals surface area (Å²) in [6, 6.07) is 8.18. The SMILES string of the molecule is CC(C)(C)OC(=O)CC1=NC2(CO1)c1cc(CC(=O)c3ccc(F)cn3)ccc1OC(C)(C)C21COC1. The van der Waals surface area contributed by atoms with Crippen molar-refractivity contribution in [2.45, 2.75) is 64.2 Å². The van der Waals surface area contributed by atoms with Crippen LogP contribution in [0, 0.1) is 11.2 Å². The molecule has 0 bridgehead atoms. The molecule has 1 fully saturated rings. The molecule has 37 heavy (non-hydrogen) atoms. The first-order valence-corrected chi connectivity index (χ1v) is 12.3. The summed E-state index contributed by atoms with van der Waals surface area (Å²) >= 11 is 0. The highest BCUT2D eigenvalue weighted by Crippen LogP contribution is 2.62. The highest BCUT2D eigenvalue weighted by Gasteiger charge is 2.71. The number of fused-ring (bicyclic) bond motifs is 3. The van der Waals surface area contributed by atoms with Crippen LogP contribution in [0.1, 0.15) is 62.7 Å². The van der Waals surface area contributed by atoms with Gasteiger partial charge in [-0.3, -0.25) is 14.6 Å². The average molecular weight is 511 g/mol. The van der Waals surface area contributed by atoms with E-state index in [1.807, 2.05) is 52.8 Å². The molecule has 1 aromatic heterocycles. The van der Waals surface area contributed by atoms with Gasteiger partial charge in [0.1, 0.15) is 47.0 Å². The van der Waals surface area contributed by atoms with Crippen LogP contribution in [0.2, 0.25) is 0 Å². The van der Waals surface area contributed by atoms with Crippen molar-refractivity contribution >= 4 is 17.7 Å². The highest BCUT2D eigenvalue weighted by atomic mass is 19.1. The molecule has 3 aliphatic rings. The number of hydrogen-bond acceptors (Lipinski definition) is 8. The van der Waals surface area contributed by atoms with Gasteiger partial charge in [-0.25, -0.2) is 9.38 Å². The Morgan fingerprint density at radius 1 is 1.08 bits per heavy atom. The maximum absolute atomic E-state index is 13.2. The van der Waals surface area contributed by atoms with Crippen LogP contribution in [0.15, 0.2) is 41.5 Å². The molecular formula is C28H31FN2O6. The van der Waals surface area contributed by atoms with Crippen molar-refractivity contribution in [3.63, 3.8) is 0 Å². The minimum absolute atomic E-state index is 0.0736. The van der Waals surface area contributed by atoms with Gasteiger partial charge in [0.05, 0.1) is 24.8 Å². The standard InChI is InChI=1S/C28H31FN2O6/c1-25(2,3)37-24(33)12-23-31-28(16-35-23)19-10-17(11-21(32)20-8-7-18(29)13-30-20)6-9-22(19)36-26(4,5)27(28)14-34-15-27/h6-10,13H,11-12,14-16H2,1-5H3. The van der Waals surface area contributed by atoms with Crippen molar-refractivity contribution in [1.82, 2.24) is 4.98 Å². The molecule has 0 amide bonds. The van der Waals surface area contributed by atoms with Gasteiger partial charge in [-0.2, -0.15) is 0 Å². The summed E-state index contributed by atoms with van der Waals surface area (Å²) < 4.78 is 36.9. The Hall–Kier alpha value is -3.33. The third-order valence-electron chi connectivity index (χ3n) is 7.35. The highest BCUT2D eigenvalue weighted by molar-refractivity contribution is 5.96. The molecule has 196 valence electrons. The number of ether oxygens (including phenoxy) is 4. The van der Waals surface area contributed by atoms with Crippen molar-refractivity contribution < 1.29 is 32.9 Å². The van der Waals surface area contributed by atoms with E-state index in [4.69, 9.17) is 23.9 Å². The molecule has 1 atom stereocenters. The Morgan fingerprint density at radius 2 is 1.84 bits per heavy atom. The Labute approximate surface area is 215 Å². The topological polar surface area (TPSA) is 96.3 Å². The zero-order chi connectivity index (χ0) is 26.6. The molecule has 2 spiro atoms. The summed E-state index contributed by atoms with van der Waals surface area (Å²) in [6.45, 7) is 10.5. The molecule has 3 aliphatic heterocycles. The molecule has 4 heterocycles. The maximum Gasteiger partial charge on any atom is 0.315 e. The molecule has 2 aromatic rings. The van der Waals surface area contributed by atoms with E-state index < -0.39 is 33.9 Å². The molecule has 9 heteroatoms. The first-order chi connectivity index (χ1) is 17.3. The van der Waals surface area contributed by atoms with Gasteiger partial charge in [0, 0.05) is 12.0 Å². The number of aliphatic imine (C=N–C) groups is 1. The number of rotatable bonds is 5. The zero-order valence-corrected chi connectivity index (χ0v) is 21.7. The second-order valence-electron chi connectivity index (χ2n) is 11.4. The minimum Gasteiger partial charge on any atom is -0.487 e. The van der Waals surface area contributed by atoms with Gasteiger partial charge in [-0.15, -0.1) is 0 Å². The summed E-state index contributed by atoms with van der Waals surface area (Å²) in [5.74, 6) is -0.198. The van der Waals surface area contributed by atoms with Gasteiger partial charge in [0.15, 0.2) is 11.7 Å². The predicted octanol–water partition coefficient (Wildman–Crippen LogP) is 4.19. The zero-order valence-electron chi connectivity index (χ0n) is 21.7. The van der Waals surface area contributed by atoms with E-state index in [1.54, 1.807) is 0 Å². The number of esters is 1. The molecule has 0 radical (unpaired) electrons. The number of Topliss-reactive ketones (excluding diaryl/α,β-unsaturated/α-hetero) is 1. The van der Waals surface area contributed by atoms with Crippen LogP contribution in [-0.2, 0) is 31.0 Å².